The molecule has 110 valence electrons. The molecule has 20 heavy (non-hydrogen) atoms. The third kappa shape index (κ3) is 6.05. The fourth-order valence-corrected chi connectivity index (χ4v) is 2.12. The van der Waals surface area contributed by atoms with Crippen LogP contribution in [-0.4, -0.2) is 5.97 Å². The van der Waals surface area contributed by atoms with Crippen LogP contribution in [0, 0.1) is 0 Å². The Morgan fingerprint density at radius 3 is 2.40 bits per heavy atom. The van der Waals surface area contributed by atoms with Crippen LogP contribution in [-0.2, 0) is 9.53 Å². The number of unbranched alkanes of at least 4 members (excludes halogenated alkanes) is 4. The third-order valence-electron chi connectivity index (χ3n) is 3.34. The summed E-state index contributed by atoms with van der Waals surface area (Å²) in [5.41, 5.74) is 1.52. The Hall–Kier alpha value is -1.57. The lowest BCUT2D eigenvalue weighted by molar-refractivity contribution is -0.145. The van der Waals surface area contributed by atoms with Gasteiger partial charge in [0.05, 0.1) is 0 Å². The lowest BCUT2D eigenvalue weighted by Gasteiger charge is -2.18. The summed E-state index contributed by atoms with van der Waals surface area (Å²) >= 11 is 0. The first-order valence-electron chi connectivity index (χ1n) is 7.56. The van der Waals surface area contributed by atoms with Crippen LogP contribution in [0.2, 0.25) is 0 Å². The Balaban J connectivity index is 2.56. The van der Waals surface area contributed by atoms with Crippen LogP contribution < -0.4 is 0 Å². The van der Waals surface area contributed by atoms with E-state index in [2.05, 4.69) is 13.5 Å². The van der Waals surface area contributed by atoms with Crippen LogP contribution in [0.3, 0.4) is 0 Å². The molecule has 1 aromatic rings. The zero-order valence-electron chi connectivity index (χ0n) is 12.7. The van der Waals surface area contributed by atoms with Crippen molar-refractivity contribution in [2.75, 3.05) is 0 Å². The first-order valence-corrected chi connectivity index (χ1v) is 7.56. The van der Waals surface area contributed by atoms with E-state index in [1.165, 1.54) is 25.7 Å². The minimum atomic E-state index is -0.299. The van der Waals surface area contributed by atoms with Gasteiger partial charge in [0.25, 0.3) is 0 Å². The highest BCUT2D eigenvalue weighted by Gasteiger charge is 2.16. The third-order valence-corrected chi connectivity index (χ3v) is 3.34. The highest BCUT2D eigenvalue weighted by Crippen LogP contribution is 2.25. The number of benzene rings is 1. The number of esters is 1. The molecule has 0 bridgehead atoms. The lowest BCUT2D eigenvalue weighted by Crippen LogP contribution is -2.12. The summed E-state index contributed by atoms with van der Waals surface area (Å²) in [6.45, 7) is 7.54. The van der Waals surface area contributed by atoms with E-state index in [1.807, 2.05) is 30.3 Å². The average molecular weight is 274 g/mol. The van der Waals surface area contributed by atoms with E-state index < -0.39 is 0 Å². The van der Waals surface area contributed by atoms with Crippen LogP contribution in [0.4, 0.5) is 0 Å². The summed E-state index contributed by atoms with van der Waals surface area (Å²) in [5, 5.41) is 0. The van der Waals surface area contributed by atoms with Gasteiger partial charge < -0.3 is 4.74 Å². The Morgan fingerprint density at radius 2 is 1.80 bits per heavy atom. The predicted octanol–water partition coefficient (Wildman–Crippen LogP) is 5.21. The van der Waals surface area contributed by atoms with E-state index in [-0.39, 0.29) is 12.1 Å². The quantitative estimate of drug-likeness (QED) is 0.351. The van der Waals surface area contributed by atoms with E-state index >= 15 is 0 Å². The van der Waals surface area contributed by atoms with Crippen LogP contribution in [0.25, 0.3) is 0 Å². The summed E-state index contributed by atoms with van der Waals surface area (Å²) in [7, 11) is 0. The van der Waals surface area contributed by atoms with E-state index in [4.69, 9.17) is 4.74 Å². The fraction of sp³-hybridized carbons (Fsp3) is 0.500. The molecule has 0 aliphatic heterocycles. The zero-order chi connectivity index (χ0) is 14.8. The first kappa shape index (κ1) is 16.5. The maximum Gasteiger partial charge on any atom is 0.333 e. The van der Waals surface area contributed by atoms with Gasteiger partial charge in [-0.3, -0.25) is 0 Å². The SMILES string of the molecule is C=C(C)C(=O)OC(CCCCCCC)c1ccccc1. The minimum Gasteiger partial charge on any atom is -0.454 e. The second-order valence-corrected chi connectivity index (χ2v) is 5.29. The molecule has 0 spiro atoms. The smallest absolute Gasteiger partial charge is 0.333 e. The molecule has 2 nitrogen and oxygen atoms in total. The van der Waals surface area contributed by atoms with Crippen molar-refractivity contribution in [3.8, 4) is 0 Å². The molecule has 1 atom stereocenters. The van der Waals surface area contributed by atoms with E-state index in [1.54, 1.807) is 6.92 Å². The molecule has 0 amide bonds. The van der Waals surface area contributed by atoms with Gasteiger partial charge in [-0.1, -0.05) is 69.5 Å². The van der Waals surface area contributed by atoms with Gasteiger partial charge >= 0.3 is 5.97 Å². The minimum absolute atomic E-state index is 0.151. The van der Waals surface area contributed by atoms with Crippen molar-refractivity contribution in [1.29, 1.82) is 0 Å². The van der Waals surface area contributed by atoms with Crippen LogP contribution in [0.5, 0.6) is 0 Å². The van der Waals surface area contributed by atoms with Gasteiger partial charge in [0.2, 0.25) is 0 Å². The summed E-state index contributed by atoms with van der Waals surface area (Å²) in [6, 6.07) is 9.97. The molecule has 0 N–H and O–H groups in total. The summed E-state index contributed by atoms with van der Waals surface area (Å²) < 4.78 is 5.57. The van der Waals surface area contributed by atoms with Gasteiger partial charge in [-0.15, -0.1) is 0 Å². The summed E-state index contributed by atoms with van der Waals surface area (Å²) in [6.07, 6.45) is 6.79. The highest BCUT2D eigenvalue weighted by atomic mass is 16.5. The van der Waals surface area contributed by atoms with E-state index in [0.717, 1.165) is 18.4 Å². The molecule has 1 unspecified atom stereocenters. The van der Waals surface area contributed by atoms with Crippen molar-refractivity contribution in [3.05, 3.63) is 48.0 Å². The normalized spacial score (nSPS) is 11.9. The molecule has 0 aliphatic rings. The molecule has 1 rings (SSSR count). The van der Waals surface area contributed by atoms with Crippen molar-refractivity contribution < 1.29 is 9.53 Å². The van der Waals surface area contributed by atoms with Crippen molar-refractivity contribution in [2.45, 2.75) is 58.5 Å². The number of carbonyl (C=O) groups excluding carboxylic acids is 1. The van der Waals surface area contributed by atoms with Crippen LogP contribution in [0.15, 0.2) is 42.5 Å². The van der Waals surface area contributed by atoms with E-state index in [0.29, 0.717) is 5.57 Å². The fourth-order valence-electron chi connectivity index (χ4n) is 2.12. The average Bonchev–Trinajstić information content (AvgIpc) is 2.46. The maximum absolute atomic E-state index is 11.7. The topological polar surface area (TPSA) is 26.3 Å². The molecular weight excluding hydrogens is 248 g/mol. The number of rotatable bonds is 9. The predicted molar refractivity (Wildman–Crippen MR) is 83.5 cm³/mol. The second-order valence-electron chi connectivity index (χ2n) is 5.29. The number of ether oxygens (including phenoxy) is 1. The Kier molecular flexibility index (Phi) is 7.71. The zero-order valence-corrected chi connectivity index (χ0v) is 12.7. The number of hydrogen-bond donors (Lipinski definition) is 0. The molecule has 0 saturated heterocycles. The molecule has 2 heteroatoms. The summed E-state index contributed by atoms with van der Waals surface area (Å²) in [5.74, 6) is -0.299. The summed E-state index contributed by atoms with van der Waals surface area (Å²) in [4.78, 5) is 11.7. The molecule has 0 heterocycles. The molecule has 1 aromatic carbocycles. The molecule has 0 fully saturated rings. The molecule has 0 saturated carbocycles. The lowest BCUT2D eigenvalue weighted by atomic mass is 10.0. The number of carbonyl (C=O) groups is 1. The molecule has 0 aliphatic carbocycles. The van der Waals surface area contributed by atoms with Gasteiger partial charge in [0.1, 0.15) is 6.10 Å². The first-order chi connectivity index (χ1) is 9.65. The van der Waals surface area contributed by atoms with Crippen molar-refractivity contribution in [3.63, 3.8) is 0 Å². The molecule has 0 radical (unpaired) electrons. The van der Waals surface area contributed by atoms with Crippen LogP contribution >= 0.6 is 0 Å². The maximum atomic E-state index is 11.7. The highest BCUT2D eigenvalue weighted by molar-refractivity contribution is 5.87. The second kappa shape index (κ2) is 9.35. The molecule has 0 aromatic heterocycles. The van der Waals surface area contributed by atoms with Crippen molar-refractivity contribution in [1.82, 2.24) is 0 Å². The van der Waals surface area contributed by atoms with Gasteiger partial charge in [-0.2, -0.15) is 0 Å². The van der Waals surface area contributed by atoms with Crippen molar-refractivity contribution >= 4 is 5.97 Å². The Labute approximate surface area is 122 Å². The Morgan fingerprint density at radius 1 is 1.15 bits per heavy atom. The number of hydrogen-bond acceptors (Lipinski definition) is 2. The standard InChI is InChI=1S/C18H26O2/c1-4-5-6-7-11-14-17(20-18(19)15(2)3)16-12-9-8-10-13-16/h8-10,12-13,17H,2,4-7,11,14H2,1,3H3. The monoisotopic (exact) mass is 274 g/mol. The van der Waals surface area contributed by atoms with Crippen LogP contribution in [0.1, 0.15) is 64.0 Å². The van der Waals surface area contributed by atoms with E-state index in [9.17, 15) is 4.79 Å². The van der Waals surface area contributed by atoms with Crippen molar-refractivity contribution in [2.24, 2.45) is 0 Å². The molecular formula is C18H26O2. The van der Waals surface area contributed by atoms with Gasteiger partial charge in [0.15, 0.2) is 0 Å². The largest absolute Gasteiger partial charge is 0.454 e. The Bertz CT molecular complexity index is 409. The van der Waals surface area contributed by atoms with Gasteiger partial charge in [-0.05, 0) is 25.3 Å². The van der Waals surface area contributed by atoms with Gasteiger partial charge in [0, 0.05) is 5.57 Å². The van der Waals surface area contributed by atoms with Gasteiger partial charge in [-0.25, -0.2) is 4.79 Å².